The molecular weight excluding hydrogens is 334 g/mol. The summed E-state index contributed by atoms with van der Waals surface area (Å²) in [6, 6.07) is 7.84. The Kier molecular flexibility index (Phi) is 5.91. The number of ether oxygens (including phenoxy) is 2. The van der Waals surface area contributed by atoms with Gasteiger partial charge in [0.25, 0.3) is 0 Å². The van der Waals surface area contributed by atoms with Crippen LogP contribution in [0.2, 0.25) is 0 Å². The van der Waals surface area contributed by atoms with E-state index in [0.717, 1.165) is 23.1 Å². The SMILES string of the molecule is CC(C)COC(=O)N1CCC(Oc2ccccc2Br)CC1. The summed E-state index contributed by atoms with van der Waals surface area (Å²) in [4.78, 5) is 13.6. The fourth-order valence-electron chi connectivity index (χ4n) is 2.21. The van der Waals surface area contributed by atoms with Crippen molar-refractivity contribution in [2.45, 2.75) is 32.8 Å². The van der Waals surface area contributed by atoms with Gasteiger partial charge in [0.15, 0.2) is 0 Å². The molecule has 116 valence electrons. The fourth-order valence-corrected chi connectivity index (χ4v) is 2.58. The van der Waals surface area contributed by atoms with Crippen molar-refractivity contribution in [3.63, 3.8) is 0 Å². The highest BCUT2D eigenvalue weighted by molar-refractivity contribution is 9.10. The fraction of sp³-hybridized carbons (Fsp3) is 0.562. The second-order valence-electron chi connectivity index (χ2n) is 5.71. The lowest BCUT2D eigenvalue weighted by molar-refractivity contribution is 0.0616. The molecule has 0 unspecified atom stereocenters. The lowest BCUT2D eigenvalue weighted by Gasteiger charge is -2.31. The van der Waals surface area contributed by atoms with Crippen LogP contribution in [0.3, 0.4) is 0 Å². The molecule has 0 spiro atoms. The highest BCUT2D eigenvalue weighted by Crippen LogP contribution is 2.27. The van der Waals surface area contributed by atoms with E-state index in [-0.39, 0.29) is 12.2 Å². The summed E-state index contributed by atoms with van der Waals surface area (Å²) in [5.41, 5.74) is 0. The van der Waals surface area contributed by atoms with Crippen molar-refractivity contribution in [1.82, 2.24) is 4.90 Å². The van der Waals surface area contributed by atoms with Gasteiger partial charge in [0, 0.05) is 25.9 Å². The van der Waals surface area contributed by atoms with Gasteiger partial charge >= 0.3 is 6.09 Å². The van der Waals surface area contributed by atoms with E-state index in [1.165, 1.54) is 0 Å². The monoisotopic (exact) mass is 355 g/mol. The summed E-state index contributed by atoms with van der Waals surface area (Å²) >= 11 is 3.48. The maximum atomic E-state index is 11.9. The highest BCUT2D eigenvalue weighted by atomic mass is 79.9. The number of amides is 1. The molecule has 21 heavy (non-hydrogen) atoms. The number of benzene rings is 1. The first-order chi connectivity index (χ1) is 10.1. The molecule has 1 aromatic rings. The average molecular weight is 356 g/mol. The highest BCUT2D eigenvalue weighted by Gasteiger charge is 2.25. The van der Waals surface area contributed by atoms with E-state index in [4.69, 9.17) is 9.47 Å². The molecule has 5 heteroatoms. The number of rotatable bonds is 4. The second kappa shape index (κ2) is 7.69. The molecule has 0 bridgehead atoms. The number of nitrogens with zero attached hydrogens (tertiary/aromatic N) is 1. The van der Waals surface area contributed by atoms with Crippen LogP contribution in [0.5, 0.6) is 5.75 Å². The smallest absolute Gasteiger partial charge is 0.409 e. The molecule has 1 saturated heterocycles. The maximum Gasteiger partial charge on any atom is 0.409 e. The first-order valence-electron chi connectivity index (χ1n) is 7.39. The number of carbonyl (C=O) groups excluding carboxylic acids is 1. The predicted octanol–water partition coefficient (Wildman–Crippen LogP) is 4.08. The van der Waals surface area contributed by atoms with Crippen molar-refractivity contribution in [1.29, 1.82) is 0 Å². The van der Waals surface area contributed by atoms with E-state index in [1.807, 2.05) is 38.1 Å². The molecular formula is C16H22BrNO3. The molecule has 4 nitrogen and oxygen atoms in total. The Morgan fingerprint density at radius 1 is 1.33 bits per heavy atom. The molecule has 0 saturated carbocycles. The van der Waals surface area contributed by atoms with Crippen LogP contribution in [0.15, 0.2) is 28.7 Å². The molecule has 0 atom stereocenters. The lowest BCUT2D eigenvalue weighted by Crippen LogP contribution is -2.42. The number of hydrogen-bond acceptors (Lipinski definition) is 3. The zero-order valence-electron chi connectivity index (χ0n) is 12.5. The maximum absolute atomic E-state index is 11.9. The Hall–Kier alpha value is -1.23. The molecule has 0 aromatic heterocycles. The van der Waals surface area contributed by atoms with Gasteiger partial charge in [0.2, 0.25) is 0 Å². The van der Waals surface area contributed by atoms with E-state index >= 15 is 0 Å². The minimum absolute atomic E-state index is 0.151. The summed E-state index contributed by atoms with van der Waals surface area (Å²) in [7, 11) is 0. The number of halogens is 1. The van der Waals surface area contributed by atoms with Crippen LogP contribution >= 0.6 is 15.9 Å². The van der Waals surface area contributed by atoms with Crippen molar-refractivity contribution >= 4 is 22.0 Å². The summed E-state index contributed by atoms with van der Waals surface area (Å²) in [6.45, 7) is 5.92. The van der Waals surface area contributed by atoms with Gasteiger partial charge in [-0.3, -0.25) is 0 Å². The van der Waals surface area contributed by atoms with E-state index in [0.29, 0.717) is 25.6 Å². The van der Waals surface area contributed by atoms with Gasteiger partial charge in [0.1, 0.15) is 11.9 Å². The molecule has 0 N–H and O–H groups in total. The molecule has 0 aliphatic carbocycles. The van der Waals surface area contributed by atoms with Crippen LogP contribution in [0, 0.1) is 5.92 Å². The predicted molar refractivity (Wildman–Crippen MR) is 85.6 cm³/mol. The Labute approximate surface area is 134 Å². The van der Waals surface area contributed by atoms with Gasteiger partial charge in [-0.05, 0) is 34.0 Å². The van der Waals surface area contributed by atoms with Crippen molar-refractivity contribution in [3.05, 3.63) is 28.7 Å². The van der Waals surface area contributed by atoms with E-state index in [9.17, 15) is 4.79 Å². The van der Waals surface area contributed by atoms with Crippen molar-refractivity contribution in [3.8, 4) is 5.75 Å². The second-order valence-corrected chi connectivity index (χ2v) is 6.56. The first-order valence-corrected chi connectivity index (χ1v) is 8.18. The molecule has 1 aliphatic heterocycles. The molecule has 0 radical (unpaired) electrons. The Balaban J connectivity index is 1.78. The molecule has 2 rings (SSSR count). The normalized spacial score (nSPS) is 16.1. The third kappa shape index (κ3) is 4.92. The number of para-hydroxylation sites is 1. The van der Waals surface area contributed by atoms with Gasteiger partial charge in [0.05, 0.1) is 11.1 Å². The Morgan fingerprint density at radius 3 is 2.62 bits per heavy atom. The molecule has 1 fully saturated rings. The van der Waals surface area contributed by atoms with Crippen LogP contribution < -0.4 is 4.74 Å². The van der Waals surface area contributed by atoms with Gasteiger partial charge in [-0.25, -0.2) is 4.79 Å². The summed E-state index contributed by atoms with van der Waals surface area (Å²) in [5, 5.41) is 0. The third-order valence-corrected chi connectivity index (χ3v) is 4.03. The van der Waals surface area contributed by atoms with Crippen LogP contribution in [0.1, 0.15) is 26.7 Å². The van der Waals surface area contributed by atoms with Gasteiger partial charge in [-0.15, -0.1) is 0 Å². The van der Waals surface area contributed by atoms with E-state index in [1.54, 1.807) is 4.90 Å². The minimum atomic E-state index is -0.206. The molecule has 1 aliphatic rings. The zero-order chi connectivity index (χ0) is 15.2. The summed E-state index contributed by atoms with van der Waals surface area (Å²) < 4.78 is 12.2. The third-order valence-electron chi connectivity index (χ3n) is 3.37. The Morgan fingerprint density at radius 2 is 2.00 bits per heavy atom. The van der Waals surface area contributed by atoms with Gasteiger partial charge in [-0.1, -0.05) is 26.0 Å². The summed E-state index contributed by atoms with van der Waals surface area (Å²) in [5.74, 6) is 1.23. The minimum Gasteiger partial charge on any atom is -0.489 e. The quantitative estimate of drug-likeness (QED) is 0.816. The van der Waals surface area contributed by atoms with Gasteiger partial charge in [-0.2, -0.15) is 0 Å². The first kappa shape index (κ1) is 16.1. The van der Waals surface area contributed by atoms with E-state index in [2.05, 4.69) is 15.9 Å². The van der Waals surface area contributed by atoms with E-state index < -0.39 is 0 Å². The molecule has 1 aromatic carbocycles. The Bertz CT molecular complexity index is 470. The number of likely N-dealkylation sites (tertiary alicyclic amines) is 1. The lowest BCUT2D eigenvalue weighted by atomic mass is 10.1. The van der Waals surface area contributed by atoms with Crippen LogP contribution in [0.4, 0.5) is 4.79 Å². The molecule has 1 heterocycles. The van der Waals surface area contributed by atoms with Crippen molar-refractivity contribution in [2.24, 2.45) is 5.92 Å². The number of carbonyl (C=O) groups is 1. The topological polar surface area (TPSA) is 38.8 Å². The standard InChI is InChI=1S/C16H22BrNO3/c1-12(2)11-20-16(19)18-9-7-13(8-10-18)21-15-6-4-3-5-14(15)17/h3-6,12-13H,7-11H2,1-2H3. The average Bonchev–Trinajstić information content (AvgIpc) is 2.48. The number of hydrogen-bond donors (Lipinski definition) is 0. The van der Waals surface area contributed by atoms with Crippen LogP contribution in [-0.4, -0.2) is 36.8 Å². The molecule has 1 amide bonds. The van der Waals surface area contributed by atoms with Gasteiger partial charge < -0.3 is 14.4 Å². The zero-order valence-corrected chi connectivity index (χ0v) is 14.1. The number of piperidine rings is 1. The largest absolute Gasteiger partial charge is 0.489 e. The van der Waals surface area contributed by atoms with Crippen LogP contribution in [0.25, 0.3) is 0 Å². The van der Waals surface area contributed by atoms with Crippen molar-refractivity contribution < 1.29 is 14.3 Å². The summed E-state index contributed by atoms with van der Waals surface area (Å²) in [6.07, 6.45) is 1.61. The van der Waals surface area contributed by atoms with Crippen molar-refractivity contribution in [2.75, 3.05) is 19.7 Å². The van der Waals surface area contributed by atoms with Crippen LogP contribution in [-0.2, 0) is 4.74 Å².